The molecule has 0 saturated carbocycles. The predicted molar refractivity (Wildman–Crippen MR) is 102 cm³/mol. The molecule has 0 aliphatic heterocycles. The Labute approximate surface area is 171 Å². The summed E-state index contributed by atoms with van der Waals surface area (Å²) in [5.74, 6) is -1.64. The fraction of sp³-hybridized carbons (Fsp3) is 0.286. The van der Waals surface area contributed by atoms with Crippen LogP contribution in [0.2, 0.25) is 0 Å². The number of amides is 1. The maximum atomic E-state index is 13.4. The Morgan fingerprint density at radius 1 is 1.27 bits per heavy atom. The normalized spacial score (nSPS) is 20.5. The number of Topliss-reactive ketones (excluding diaryl/α,β-unsaturated/α-hetero) is 1. The van der Waals surface area contributed by atoms with Gasteiger partial charge < -0.3 is 10.1 Å². The standard InChI is InChI=1S/C21H20F3N3O3/c1-13(28)21(14-6-8-15(22)9-7-14)10-4-3-5-17(21)25-20(29)18-16(19(23)24)11-27(26-18)12-30-2/h3-11,17,19H,12H2,1-2H3,(H,25,29). The van der Waals surface area contributed by atoms with Crippen LogP contribution in [0.15, 0.2) is 54.8 Å². The first kappa shape index (κ1) is 21.5. The highest BCUT2D eigenvalue weighted by Gasteiger charge is 2.44. The SMILES string of the molecule is COCn1cc(C(F)F)c(C(=O)NC2C=CC=CC2(C(C)=O)c2ccc(F)cc2)n1. The molecule has 9 heteroatoms. The summed E-state index contributed by atoms with van der Waals surface area (Å²) in [6.07, 6.45) is 4.58. The highest BCUT2D eigenvalue weighted by Crippen LogP contribution is 2.35. The molecule has 1 aliphatic rings. The van der Waals surface area contributed by atoms with E-state index in [1.165, 1.54) is 38.3 Å². The van der Waals surface area contributed by atoms with Crippen LogP contribution >= 0.6 is 0 Å². The van der Waals surface area contributed by atoms with E-state index in [0.29, 0.717) is 5.56 Å². The maximum Gasteiger partial charge on any atom is 0.272 e. The largest absolute Gasteiger partial charge is 0.362 e. The van der Waals surface area contributed by atoms with Crippen LogP contribution in [0, 0.1) is 5.82 Å². The number of hydrogen-bond acceptors (Lipinski definition) is 4. The molecule has 0 radical (unpaired) electrons. The van der Waals surface area contributed by atoms with E-state index in [9.17, 15) is 22.8 Å². The Bertz CT molecular complexity index is 999. The van der Waals surface area contributed by atoms with Gasteiger partial charge in [0.1, 0.15) is 18.3 Å². The molecule has 2 aromatic rings. The molecule has 6 nitrogen and oxygen atoms in total. The smallest absolute Gasteiger partial charge is 0.272 e. The van der Waals surface area contributed by atoms with Crippen LogP contribution in [-0.2, 0) is 21.7 Å². The van der Waals surface area contributed by atoms with Gasteiger partial charge in [-0.1, -0.05) is 36.4 Å². The van der Waals surface area contributed by atoms with Crippen molar-refractivity contribution in [2.75, 3.05) is 7.11 Å². The van der Waals surface area contributed by atoms with E-state index >= 15 is 0 Å². The lowest BCUT2D eigenvalue weighted by molar-refractivity contribution is -0.121. The molecule has 1 heterocycles. The average Bonchev–Trinajstić information content (AvgIpc) is 3.14. The molecule has 0 bridgehead atoms. The van der Waals surface area contributed by atoms with E-state index in [0.717, 1.165) is 10.9 Å². The number of ketones is 1. The summed E-state index contributed by atoms with van der Waals surface area (Å²) in [4.78, 5) is 25.6. The number of alkyl halides is 2. The molecule has 3 rings (SSSR count). The molecular weight excluding hydrogens is 399 g/mol. The third-order valence-electron chi connectivity index (χ3n) is 4.96. The summed E-state index contributed by atoms with van der Waals surface area (Å²) in [7, 11) is 1.37. The topological polar surface area (TPSA) is 73.2 Å². The van der Waals surface area contributed by atoms with E-state index in [4.69, 9.17) is 4.74 Å². The fourth-order valence-electron chi connectivity index (χ4n) is 3.52. The summed E-state index contributed by atoms with van der Waals surface area (Å²) in [5.41, 5.74) is -1.86. The van der Waals surface area contributed by atoms with Gasteiger partial charge in [0.25, 0.3) is 12.3 Å². The number of aromatic nitrogens is 2. The van der Waals surface area contributed by atoms with E-state index in [1.807, 2.05) is 0 Å². The highest BCUT2D eigenvalue weighted by molar-refractivity contribution is 5.97. The van der Waals surface area contributed by atoms with Crippen LogP contribution in [0.5, 0.6) is 0 Å². The first-order chi connectivity index (χ1) is 14.3. The van der Waals surface area contributed by atoms with Crippen LogP contribution in [0.1, 0.15) is 35.0 Å². The molecule has 0 fully saturated rings. The van der Waals surface area contributed by atoms with Crippen molar-refractivity contribution in [1.82, 2.24) is 15.1 Å². The first-order valence-electron chi connectivity index (χ1n) is 9.08. The van der Waals surface area contributed by atoms with E-state index < -0.39 is 40.9 Å². The molecule has 2 atom stereocenters. The van der Waals surface area contributed by atoms with Gasteiger partial charge in [0.05, 0.1) is 17.0 Å². The molecule has 0 saturated heterocycles. The van der Waals surface area contributed by atoms with Crippen molar-refractivity contribution in [2.45, 2.75) is 31.5 Å². The van der Waals surface area contributed by atoms with E-state index in [2.05, 4.69) is 10.4 Å². The zero-order valence-corrected chi connectivity index (χ0v) is 16.3. The third-order valence-corrected chi connectivity index (χ3v) is 4.96. The van der Waals surface area contributed by atoms with Gasteiger partial charge in [-0.25, -0.2) is 17.9 Å². The quantitative estimate of drug-likeness (QED) is 0.747. The van der Waals surface area contributed by atoms with Gasteiger partial charge in [-0.05, 0) is 24.6 Å². The number of nitrogens with zero attached hydrogens (tertiary/aromatic N) is 2. The second-order valence-corrected chi connectivity index (χ2v) is 6.82. The first-order valence-corrected chi connectivity index (χ1v) is 9.08. The van der Waals surface area contributed by atoms with Gasteiger partial charge in [-0.15, -0.1) is 0 Å². The fourth-order valence-corrected chi connectivity index (χ4v) is 3.52. The summed E-state index contributed by atoms with van der Waals surface area (Å²) >= 11 is 0. The molecule has 1 amide bonds. The Balaban J connectivity index is 1.99. The van der Waals surface area contributed by atoms with Crippen LogP contribution in [0.3, 0.4) is 0 Å². The van der Waals surface area contributed by atoms with Crippen molar-refractivity contribution in [3.8, 4) is 0 Å². The zero-order chi connectivity index (χ0) is 21.9. The number of carbonyl (C=O) groups is 2. The highest BCUT2D eigenvalue weighted by atomic mass is 19.3. The lowest BCUT2D eigenvalue weighted by atomic mass is 9.69. The van der Waals surface area contributed by atoms with Crippen molar-refractivity contribution in [2.24, 2.45) is 0 Å². The minimum absolute atomic E-state index is 0.105. The van der Waals surface area contributed by atoms with Gasteiger partial charge in [0, 0.05) is 13.3 Å². The molecular formula is C21H20F3N3O3. The van der Waals surface area contributed by atoms with Crippen molar-refractivity contribution < 1.29 is 27.5 Å². The molecule has 1 aromatic carbocycles. The predicted octanol–water partition coefficient (Wildman–Crippen LogP) is 3.32. The average molecular weight is 419 g/mol. The molecule has 1 N–H and O–H groups in total. The molecule has 2 unspecified atom stereocenters. The third kappa shape index (κ3) is 3.93. The number of hydrogen-bond donors (Lipinski definition) is 1. The number of nitrogens with one attached hydrogen (secondary N) is 1. The monoisotopic (exact) mass is 419 g/mol. The second kappa shape index (κ2) is 8.66. The minimum atomic E-state index is -2.92. The number of allylic oxidation sites excluding steroid dienone is 2. The van der Waals surface area contributed by atoms with Gasteiger partial charge in [0.2, 0.25) is 0 Å². The van der Waals surface area contributed by atoms with Gasteiger partial charge in [-0.3, -0.25) is 9.59 Å². The van der Waals surface area contributed by atoms with Crippen LogP contribution in [-0.4, -0.2) is 34.6 Å². The van der Waals surface area contributed by atoms with Crippen LogP contribution in [0.25, 0.3) is 0 Å². The maximum absolute atomic E-state index is 13.4. The Morgan fingerprint density at radius 3 is 2.57 bits per heavy atom. The number of carbonyl (C=O) groups excluding carboxylic acids is 2. The molecule has 1 aliphatic carbocycles. The number of methoxy groups -OCH3 is 1. The van der Waals surface area contributed by atoms with Crippen molar-refractivity contribution in [3.63, 3.8) is 0 Å². The number of benzene rings is 1. The summed E-state index contributed by atoms with van der Waals surface area (Å²) in [5, 5.41) is 6.52. The van der Waals surface area contributed by atoms with E-state index in [-0.39, 0.29) is 12.5 Å². The molecule has 158 valence electrons. The van der Waals surface area contributed by atoms with Gasteiger partial charge in [0.15, 0.2) is 5.69 Å². The van der Waals surface area contributed by atoms with Crippen LogP contribution in [0.4, 0.5) is 13.2 Å². The Morgan fingerprint density at radius 2 is 1.97 bits per heavy atom. The van der Waals surface area contributed by atoms with Crippen molar-refractivity contribution in [1.29, 1.82) is 0 Å². The summed E-state index contributed by atoms with van der Waals surface area (Å²) < 4.78 is 46.2. The lowest BCUT2D eigenvalue weighted by Gasteiger charge is -2.37. The Hall–Kier alpha value is -3.20. The summed E-state index contributed by atoms with van der Waals surface area (Å²) in [6, 6.07) is 4.45. The van der Waals surface area contributed by atoms with E-state index in [1.54, 1.807) is 24.3 Å². The molecule has 30 heavy (non-hydrogen) atoms. The molecule has 1 aromatic heterocycles. The van der Waals surface area contributed by atoms with Crippen molar-refractivity contribution >= 4 is 11.7 Å². The minimum Gasteiger partial charge on any atom is -0.362 e. The number of rotatable bonds is 7. The van der Waals surface area contributed by atoms with Crippen molar-refractivity contribution in [3.05, 3.63) is 77.4 Å². The molecule has 0 spiro atoms. The van der Waals surface area contributed by atoms with Crippen LogP contribution < -0.4 is 5.32 Å². The number of halogens is 3. The van der Waals surface area contributed by atoms with Gasteiger partial charge >= 0.3 is 0 Å². The van der Waals surface area contributed by atoms with Gasteiger partial charge in [-0.2, -0.15) is 5.10 Å². The zero-order valence-electron chi connectivity index (χ0n) is 16.3. The second-order valence-electron chi connectivity index (χ2n) is 6.82. The summed E-state index contributed by atoms with van der Waals surface area (Å²) in [6.45, 7) is 1.25. The number of ether oxygens (including phenoxy) is 1. The lowest BCUT2D eigenvalue weighted by Crippen LogP contribution is -2.53. The Kier molecular flexibility index (Phi) is 6.21.